The molecule has 2 aliphatic rings. The summed E-state index contributed by atoms with van der Waals surface area (Å²) >= 11 is 0. The molecule has 5 aromatic rings. The summed E-state index contributed by atoms with van der Waals surface area (Å²) in [5.74, 6) is 1.02. The lowest BCUT2D eigenvalue weighted by molar-refractivity contribution is -0.127. The minimum atomic E-state index is -0.311. The van der Waals surface area contributed by atoms with Crippen LogP contribution in [-0.2, 0) is 11.2 Å². The topological polar surface area (TPSA) is 80.9 Å². The Bertz CT molecular complexity index is 1750. The van der Waals surface area contributed by atoms with Crippen LogP contribution >= 0.6 is 0 Å². The second-order valence-corrected chi connectivity index (χ2v) is 10.7. The van der Waals surface area contributed by atoms with Crippen molar-refractivity contribution in [2.45, 2.75) is 37.8 Å². The molecule has 7 rings (SSSR count). The highest BCUT2D eigenvalue weighted by atomic mass is 19.1. The van der Waals surface area contributed by atoms with Gasteiger partial charge in [-0.1, -0.05) is 24.8 Å². The number of hydrogen-bond donors (Lipinski definition) is 1. The van der Waals surface area contributed by atoms with Crippen molar-refractivity contribution in [3.63, 3.8) is 0 Å². The van der Waals surface area contributed by atoms with Gasteiger partial charge in [0.15, 0.2) is 11.5 Å². The van der Waals surface area contributed by atoms with E-state index in [2.05, 4.69) is 35.2 Å². The number of imidazole rings is 1. The number of rotatable bonds is 6. The number of aryl methyl sites for hydroxylation is 1. The van der Waals surface area contributed by atoms with E-state index in [9.17, 15) is 9.18 Å². The van der Waals surface area contributed by atoms with Gasteiger partial charge in [0.1, 0.15) is 17.2 Å². The number of halogens is 1. The number of hydrogen-bond acceptors (Lipinski definition) is 5. The first-order chi connectivity index (χ1) is 20.1. The van der Waals surface area contributed by atoms with Crippen LogP contribution in [0.25, 0.3) is 34.1 Å². The number of fused-ring (bicyclic) bond motifs is 2. The summed E-state index contributed by atoms with van der Waals surface area (Å²) in [7, 11) is 0. The standard InChI is InChI=1S/C32H30FN7O/c1-2-30(41)38-17-13-24(14-18-38)35-27-10-7-21-20-25(8-9-26(21)27)40-31(22-5-3-6-23(33)19-22)36-28-11-12-29(37-32(28)40)39-16-4-15-34-39/h2-6,8-9,11-12,15-16,19-20,24,27,35H,1,7,10,13-14,17-18H2/t27-/m0/s1. The molecule has 8 nitrogen and oxygen atoms in total. The van der Waals surface area contributed by atoms with Crippen LogP contribution < -0.4 is 5.32 Å². The molecule has 1 amide bonds. The van der Waals surface area contributed by atoms with Crippen molar-refractivity contribution in [1.82, 2.24) is 34.5 Å². The highest BCUT2D eigenvalue weighted by Crippen LogP contribution is 2.36. The minimum absolute atomic E-state index is 0.0121. The summed E-state index contributed by atoms with van der Waals surface area (Å²) in [4.78, 5) is 23.7. The van der Waals surface area contributed by atoms with E-state index in [4.69, 9.17) is 9.97 Å². The van der Waals surface area contributed by atoms with Crippen LogP contribution in [0.2, 0.25) is 0 Å². The molecule has 3 aromatic heterocycles. The van der Waals surface area contributed by atoms with Gasteiger partial charge in [-0.05, 0) is 85.4 Å². The van der Waals surface area contributed by atoms with E-state index in [1.807, 2.05) is 39.9 Å². The predicted octanol–water partition coefficient (Wildman–Crippen LogP) is 5.17. The Morgan fingerprint density at radius 1 is 1.02 bits per heavy atom. The van der Waals surface area contributed by atoms with Crippen molar-refractivity contribution >= 4 is 17.1 Å². The van der Waals surface area contributed by atoms with Gasteiger partial charge in [-0.2, -0.15) is 5.10 Å². The zero-order valence-corrected chi connectivity index (χ0v) is 22.6. The third-order valence-electron chi connectivity index (χ3n) is 8.19. The number of nitrogens with one attached hydrogen (secondary N) is 1. The first-order valence-electron chi connectivity index (χ1n) is 14.0. The molecule has 9 heteroatoms. The summed E-state index contributed by atoms with van der Waals surface area (Å²) < 4.78 is 18.0. The third kappa shape index (κ3) is 4.72. The fraction of sp³-hybridized carbons (Fsp3) is 0.250. The van der Waals surface area contributed by atoms with E-state index >= 15 is 0 Å². The molecule has 1 fully saturated rings. The second kappa shape index (κ2) is 10.4. The smallest absolute Gasteiger partial charge is 0.245 e. The van der Waals surface area contributed by atoms with Crippen molar-refractivity contribution < 1.29 is 9.18 Å². The van der Waals surface area contributed by atoms with E-state index in [1.54, 1.807) is 16.9 Å². The van der Waals surface area contributed by atoms with Gasteiger partial charge >= 0.3 is 0 Å². The largest absolute Gasteiger partial charge is 0.339 e. The molecule has 1 atom stereocenters. The van der Waals surface area contributed by atoms with Crippen LogP contribution in [-0.4, -0.2) is 54.3 Å². The zero-order chi connectivity index (χ0) is 27.9. The van der Waals surface area contributed by atoms with Gasteiger partial charge in [-0.25, -0.2) is 19.0 Å². The Morgan fingerprint density at radius 2 is 1.90 bits per heavy atom. The van der Waals surface area contributed by atoms with E-state index in [0.29, 0.717) is 28.9 Å². The van der Waals surface area contributed by atoms with Crippen molar-refractivity contribution in [2.75, 3.05) is 13.1 Å². The number of benzene rings is 2. The van der Waals surface area contributed by atoms with Gasteiger partial charge in [0.2, 0.25) is 5.91 Å². The van der Waals surface area contributed by atoms with Crippen molar-refractivity contribution in [2.24, 2.45) is 0 Å². The predicted molar refractivity (Wildman–Crippen MR) is 155 cm³/mol. The highest BCUT2D eigenvalue weighted by molar-refractivity contribution is 5.87. The highest BCUT2D eigenvalue weighted by Gasteiger charge is 2.28. The van der Waals surface area contributed by atoms with Crippen molar-refractivity contribution in [3.8, 4) is 22.9 Å². The monoisotopic (exact) mass is 547 g/mol. The summed E-state index contributed by atoms with van der Waals surface area (Å²) in [5, 5.41) is 8.19. The van der Waals surface area contributed by atoms with Gasteiger partial charge < -0.3 is 10.2 Å². The molecular weight excluding hydrogens is 517 g/mol. The average molecular weight is 548 g/mol. The van der Waals surface area contributed by atoms with Gasteiger partial charge in [0.25, 0.3) is 0 Å². The van der Waals surface area contributed by atoms with Gasteiger partial charge in [-0.15, -0.1) is 0 Å². The van der Waals surface area contributed by atoms with Gasteiger partial charge in [0.05, 0.1) is 0 Å². The maximum Gasteiger partial charge on any atom is 0.245 e. The number of piperidine rings is 1. The lowest BCUT2D eigenvalue weighted by Gasteiger charge is -2.33. The van der Waals surface area contributed by atoms with Crippen molar-refractivity contribution in [3.05, 3.63) is 103 Å². The fourth-order valence-electron chi connectivity index (χ4n) is 6.14. The summed E-state index contributed by atoms with van der Waals surface area (Å²) in [6.07, 6.45) is 8.83. The number of carbonyl (C=O) groups excluding carboxylic acids is 1. The Hall–Kier alpha value is -4.63. The van der Waals surface area contributed by atoms with Crippen molar-refractivity contribution in [1.29, 1.82) is 0 Å². The number of pyridine rings is 1. The van der Waals surface area contributed by atoms with Gasteiger partial charge in [-0.3, -0.25) is 9.36 Å². The minimum Gasteiger partial charge on any atom is -0.339 e. The molecule has 0 spiro atoms. The Labute approximate surface area is 237 Å². The zero-order valence-electron chi connectivity index (χ0n) is 22.6. The molecule has 1 aliphatic carbocycles. The molecule has 1 N–H and O–H groups in total. The Morgan fingerprint density at radius 3 is 2.68 bits per heavy atom. The second-order valence-electron chi connectivity index (χ2n) is 10.7. The van der Waals surface area contributed by atoms with Crippen LogP contribution in [0.3, 0.4) is 0 Å². The van der Waals surface area contributed by atoms with Crippen LogP contribution in [0.4, 0.5) is 4.39 Å². The lowest BCUT2D eigenvalue weighted by atomic mass is 10.0. The summed E-state index contributed by atoms with van der Waals surface area (Å²) in [5.41, 5.74) is 5.62. The lowest BCUT2D eigenvalue weighted by Crippen LogP contribution is -2.45. The molecule has 1 saturated heterocycles. The average Bonchev–Trinajstić information content (AvgIpc) is 3.76. The molecule has 41 heavy (non-hydrogen) atoms. The molecular formula is C32H30FN7O. The molecule has 0 radical (unpaired) electrons. The fourth-order valence-corrected chi connectivity index (χ4v) is 6.14. The third-order valence-corrected chi connectivity index (χ3v) is 8.19. The molecule has 2 aromatic carbocycles. The molecule has 4 heterocycles. The van der Waals surface area contributed by atoms with E-state index in [1.165, 1.54) is 29.3 Å². The Balaban J connectivity index is 1.23. The van der Waals surface area contributed by atoms with E-state index < -0.39 is 0 Å². The normalized spacial score (nSPS) is 17.2. The Kier molecular flexibility index (Phi) is 6.43. The molecule has 1 aliphatic heterocycles. The number of likely N-dealkylation sites (tertiary alicyclic amines) is 1. The molecule has 0 unspecified atom stereocenters. The number of aromatic nitrogens is 5. The first-order valence-corrected chi connectivity index (χ1v) is 14.0. The van der Waals surface area contributed by atoms with E-state index in [0.717, 1.165) is 50.0 Å². The SMILES string of the molecule is C=CC(=O)N1CCC(N[C@H]2CCc3cc(-n4c(-c5cccc(F)c5)nc5ccc(-n6cccn6)nc54)ccc32)CC1. The molecule has 206 valence electrons. The van der Waals surface area contributed by atoms with Gasteiger partial charge in [0, 0.05) is 48.8 Å². The van der Waals surface area contributed by atoms with Crippen LogP contribution in [0.1, 0.15) is 36.4 Å². The van der Waals surface area contributed by atoms with Crippen LogP contribution in [0, 0.1) is 5.82 Å². The quantitative estimate of drug-likeness (QED) is 0.297. The molecule has 0 saturated carbocycles. The maximum atomic E-state index is 14.3. The number of carbonyl (C=O) groups is 1. The summed E-state index contributed by atoms with van der Waals surface area (Å²) in [6.45, 7) is 5.12. The summed E-state index contributed by atoms with van der Waals surface area (Å²) in [6, 6.07) is 19.4. The number of nitrogens with zero attached hydrogens (tertiary/aromatic N) is 6. The van der Waals surface area contributed by atoms with Crippen LogP contribution in [0.15, 0.2) is 85.7 Å². The van der Waals surface area contributed by atoms with E-state index in [-0.39, 0.29) is 17.8 Å². The molecule has 0 bridgehead atoms. The number of amides is 1. The van der Waals surface area contributed by atoms with Crippen LogP contribution in [0.5, 0.6) is 0 Å². The maximum absolute atomic E-state index is 14.3. The first kappa shape index (κ1) is 25.3.